The molecule has 0 aliphatic carbocycles. The number of aromatic amines is 1. The summed E-state index contributed by atoms with van der Waals surface area (Å²) in [7, 11) is 0. The molecule has 0 bridgehead atoms. The summed E-state index contributed by atoms with van der Waals surface area (Å²) < 4.78 is 0. The van der Waals surface area contributed by atoms with Crippen LogP contribution < -0.4 is 10.6 Å². The minimum Gasteiger partial charge on any atom is -0.392 e. The van der Waals surface area contributed by atoms with Crippen molar-refractivity contribution in [2.24, 2.45) is 0 Å². The minimum absolute atomic E-state index is 0.0786. The van der Waals surface area contributed by atoms with Crippen LogP contribution in [0.4, 0.5) is 0 Å². The van der Waals surface area contributed by atoms with Crippen LogP contribution in [0.2, 0.25) is 5.02 Å². The van der Waals surface area contributed by atoms with Gasteiger partial charge in [-0.15, -0.1) is 0 Å². The Labute approximate surface area is 162 Å². The van der Waals surface area contributed by atoms with Crippen LogP contribution >= 0.6 is 11.6 Å². The minimum atomic E-state index is -0.464. The number of benzene rings is 2. The highest BCUT2D eigenvalue weighted by atomic mass is 35.5. The fraction of sp³-hybridized carbons (Fsp3) is 0.286. The SMILES string of the molecule is O=C(NC[C@H](c1ccccc1Cl)c1c[nH]c2ccccc12)[C@@H]1C[C@H](O)CN1. The maximum Gasteiger partial charge on any atom is 0.237 e. The number of hydrogen-bond acceptors (Lipinski definition) is 3. The van der Waals surface area contributed by atoms with Crippen molar-refractivity contribution in [3.05, 3.63) is 70.9 Å². The number of rotatable bonds is 5. The molecule has 0 unspecified atom stereocenters. The van der Waals surface area contributed by atoms with E-state index < -0.39 is 6.10 Å². The van der Waals surface area contributed by atoms with Gasteiger partial charge in [-0.25, -0.2) is 0 Å². The van der Waals surface area contributed by atoms with Gasteiger partial charge in [0.05, 0.1) is 12.1 Å². The molecule has 1 fully saturated rings. The predicted octanol–water partition coefficient (Wildman–Crippen LogP) is 2.79. The Morgan fingerprint density at radius 2 is 1.96 bits per heavy atom. The second-order valence-electron chi connectivity index (χ2n) is 6.96. The Morgan fingerprint density at radius 3 is 2.74 bits per heavy atom. The zero-order chi connectivity index (χ0) is 18.8. The number of carbonyl (C=O) groups excluding carboxylic acids is 1. The number of hydrogen-bond donors (Lipinski definition) is 4. The van der Waals surface area contributed by atoms with E-state index in [2.05, 4.69) is 21.7 Å². The molecule has 140 valence electrons. The number of aromatic nitrogens is 1. The molecule has 2 heterocycles. The van der Waals surface area contributed by atoms with E-state index in [1.54, 1.807) is 0 Å². The average molecular weight is 384 g/mol. The smallest absolute Gasteiger partial charge is 0.237 e. The van der Waals surface area contributed by atoms with Gasteiger partial charge in [-0.05, 0) is 29.7 Å². The van der Waals surface area contributed by atoms with Crippen LogP contribution in [-0.4, -0.2) is 41.2 Å². The molecule has 5 nitrogen and oxygen atoms in total. The second kappa shape index (κ2) is 7.72. The number of fused-ring (bicyclic) bond motifs is 1. The highest BCUT2D eigenvalue weighted by molar-refractivity contribution is 6.31. The van der Waals surface area contributed by atoms with Gasteiger partial charge in [0.2, 0.25) is 5.91 Å². The van der Waals surface area contributed by atoms with Crippen LogP contribution in [0.15, 0.2) is 54.7 Å². The lowest BCUT2D eigenvalue weighted by molar-refractivity contribution is -0.122. The molecule has 0 spiro atoms. The van der Waals surface area contributed by atoms with Gasteiger partial charge in [0, 0.05) is 41.1 Å². The van der Waals surface area contributed by atoms with Crippen LogP contribution in [0.3, 0.4) is 0 Å². The molecule has 1 aliphatic rings. The highest BCUT2D eigenvalue weighted by Gasteiger charge is 2.29. The highest BCUT2D eigenvalue weighted by Crippen LogP contribution is 2.34. The standard InChI is InChI=1S/C21H22ClN3O2/c22-18-7-3-1-5-14(18)16(12-25-21(27)20-9-13(26)10-23-20)17-11-24-19-8-4-2-6-15(17)19/h1-8,11,13,16,20,23-24,26H,9-10,12H2,(H,25,27)/t13-,16+,20-/m0/s1. The number of amides is 1. The maximum absolute atomic E-state index is 12.5. The molecule has 4 N–H and O–H groups in total. The van der Waals surface area contributed by atoms with Gasteiger partial charge in [-0.3, -0.25) is 4.79 Å². The second-order valence-corrected chi connectivity index (χ2v) is 7.37. The van der Waals surface area contributed by atoms with Crippen molar-refractivity contribution >= 4 is 28.4 Å². The van der Waals surface area contributed by atoms with Crippen LogP contribution in [0.1, 0.15) is 23.5 Å². The number of nitrogens with one attached hydrogen (secondary N) is 3. The molecule has 27 heavy (non-hydrogen) atoms. The third-order valence-corrected chi connectivity index (χ3v) is 5.53. The summed E-state index contributed by atoms with van der Waals surface area (Å²) in [6.45, 7) is 0.882. The third-order valence-electron chi connectivity index (χ3n) is 5.18. The van der Waals surface area contributed by atoms with Gasteiger partial charge < -0.3 is 20.7 Å². The summed E-state index contributed by atoms with van der Waals surface area (Å²) >= 11 is 6.48. The predicted molar refractivity (Wildman–Crippen MR) is 107 cm³/mol. The molecule has 4 rings (SSSR count). The number of aliphatic hydroxyl groups excluding tert-OH is 1. The molecule has 0 radical (unpaired) electrons. The Bertz CT molecular complexity index is 955. The van der Waals surface area contributed by atoms with Crippen LogP contribution in [0, 0.1) is 0 Å². The molecule has 6 heteroatoms. The van der Waals surface area contributed by atoms with E-state index >= 15 is 0 Å². The molecule has 0 saturated carbocycles. The Hall–Kier alpha value is -2.34. The van der Waals surface area contributed by atoms with Gasteiger partial charge in [0.25, 0.3) is 0 Å². The molecule has 1 aromatic heterocycles. The molecule has 1 aliphatic heterocycles. The van der Waals surface area contributed by atoms with E-state index in [0.717, 1.165) is 22.0 Å². The van der Waals surface area contributed by atoms with Crippen LogP contribution in [0.25, 0.3) is 10.9 Å². The van der Waals surface area contributed by atoms with Gasteiger partial charge in [0.1, 0.15) is 0 Å². The zero-order valence-electron chi connectivity index (χ0n) is 14.8. The maximum atomic E-state index is 12.5. The summed E-state index contributed by atoms with van der Waals surface area (Å²) in [4.78, 5) is 15.8. The number of aliphatic hydroxyl groups is 1. The molecule has 1 saturated heterocycles. The number of halogens is 1. The molecule has 3 atom stereocenters. The summed E-state index contributed by atoms with van der Waals surface area (Å²) in [5.74, 6) is -0.173. The summed E-state index contributed by atoms with van der Waals surface area (Å²) in [5.41, 5.74) is 3.12. The molecule has 2 aromatic carbocycles. The molecular weight excluding hydrogens is 362 g/mol. The summed E-state index contributed by atoms with van der Waals surface area (Å²) in [6, 6.07) is 15.5. The van der Waals surface area contributed by atoms with Crippen molar-refractivity contribution < 1.29 is 9.90 Å². The van der Waals surface area contributed by atoms with Gasteiger partial charge >= 0.3 is 0 Å². The zero-order valence-corrected chi connectivity index (χ0v) is 15.5. The monoisotopic (exact) mass is 383 g/mol. The normalized spacial score (nSPS) is 20.7. The fourth-order valence-electron chi connectivity index (χ4n) is 3.77. The van der Waals surface area contributed by atoms with E-state index in [0.29, 0.717) is 24.5 Å². The van der Waals surface area contributed by atoms with E-state index in [4.69, 9.17) is 11.6 Å². The first-order valence-corrected chi connectivity index (χ1v) is 9.51. The van der Waals surface area contributed by atoms with E-state index in [1.165, 1.54) is 0 Å². The van der Waals surface area contributed by atoms with Crippen molar-refractivity contribution in [2.75, 3.05) is 13.1 Å². The van der Waals surface area contributed by atoms with Crippen LogP contribution in [0.5, 0.6) is 0 Å². The fourth-order valence-corrected chi connectivity index (χ4v) is 4.04. The first kappa shape index (κ1) is 18.0. The van der Waals surface area contributed by atoms with Crippen molar-refractivity contribution in [3.8, 4) is 0 Å². The Morgan fingerprint density at radius 1 is 1.19 bits per heavy atom. The van der Waals surface area contributed by atoms with Gasteiger partial charge in [-0.2, -0.15) is 0 Å². The largest absolute Gasteiger partial charge is 0.392 e. The van der Waals surface area contributed by atoms with Crippen molar-refractivity contribution in [1.82, 2.24) is 15.6 Å². The van der Waals surface area contributed by atoms with E-state index in [1.807, 2.05) is 48.7 Å². The third kappa shape index (κ3) is 3.72. The first-order chi connectivity index (χ1) is 13.1. The lowest BCUT2D eigenvalue weighted by Gasteiger charge is -2.20. The van der Waals surface area contributed by atoms with E-state index in [-0.39, 0.29) is 17.9 Å². The van der Waals surface area contributed by atoms with Gasteiger partial charge in [-0.1, -0.05) is 48.0 Å². The average Bonchev–Trinajstić information content (AvgIpc) is 3.30. The topological polar surface area (TPSA) is 77.2 Å². The van der Waals surface area contributed by atoms with Gasteiger partial charge in [0.15, 0.2) is 0 Å². The Kier molecular flexibility index (Phi) is 5.16. The number of H-pyrrole nitrogens is 1. The summed E-state index contributed by atoms with van der Waals surface area (Å²) in [5, 5.41) is 17.5. The number of β-amino-alcohol motifs (C(OH)–C–C–N with tert-alkyl or cyclic N) is 1. The number of para-hydroxylation sites is 1. The molecule has 1 amide bonds. The van der Waals surface area contributed by atoms with E-state index in [9.17, 15) is 9.90 Å². The van der Waals surface area contributed by atoms with Crippen LogP contribution in [-0.2, 0) is 4.79 Å². The molecular formula is C21H22ClN3O2. The quantitative estimate of drug-likeness (QED) is 0.547. The van der Waals surface area contributed by atoms with Crippen molar-refractivity contribution in [2.45, 2.75) is 24.5 Å². The van der Waals surface area contributed by atoms with Crippen molar-refractivity contribution in [3.63, 3.8) is 0 Å². The lowest BCUT2D eigenvalue weighted by Crippen LogP contribution is -2.42. The Balaban J connectivity index is 1.63. The van der Waals surface area contributed by atoms with Crippen molar-refractivity contribution in [1.29, 1.82) is 0 Å². The molecule has 3 aromatic rings. The first-order valence-electron chi connectivity index (χ1n) is 9.13. The number of carbonyl (C=O) groups is 1. The summed E-state index contributed by atoms with van der Waals surface area (Å²) in [6.07, 6.45) is 1.96. The lowest BCUT2D eigenvalue weighted by atomic mass is 9.90.